The molecular weight excluding hydrogens is 396 g/mol. The van der Waals surface area contributed by atoms with E-state index in [1.165, 1.54) is 18.4 Å². The van der Waals surface area contributed by atoms with Gasteiger partial charge >= 0.3 is 0 Å². The molecule has 1 aliphatic carbocycles. The van der Waals surface area contributed by atoms with Crippen molar-refractivity contribution in [1.82, 2.24) is 19.4 Å². The Morgan fingerprint density at radius 3 is 2.59 bits per heavy atom. The number of amides is 1. The average Bonchev–Trinajstić information content (AvgIpc) is 3.27. The summed E-state index contributed by atoms with van der Waals surface area (Å²) in [5.41, 5.74) is 2.33. The molecule has 1 aliphatic heterocycles. The van der Waals surface area contributed by atoms with Gasteiger partial charge < -0.3 is 9.47 Å². The zero-order valence-corrected chi connectivity index (χ0v) is 19.9. The predicted octanol–water partition coefficient (Wildman–Crippen LogP) is 5.85. The van der Waals surface area contributed by atoms with Gasteiger partial charge in [0.15, 0.2) is 5.65 Å². The summed E-state index contributed by atoms with van der Waals surface area (Å²) >= 11 is 0. The highest BCUT2D eigenvalue weighted by atomic mass is 16.2. The molecule has 0 spiro atoms. The molecule has 4 heterocycles. The quantitative estimate of drug-likeness (QED) is 0.511. The first-order chi connectivity index (χ1) is 15.3. The fourth-order valence-electron chi connectivity index (χ4n) is 6.04. The number of rotatable bonds is 2. The highest BCUT2D eigenvalue weighted by Crippen LogP contribution is 2.41. The minimum atomic E-state index is 0.204. The van der Waals surface area contributed by atoms with Crippen LogP contribution in [0.5, 0.6) is 0 Å². The molecule has 2 unspecified atom stereocenters. The van der Waals surface area contributed by atoms with E-state index >= 15 is 0 Å². The molecule has 2 atom stereocenters. The van der Waals surface area contributed by atoms with Gasteiger partial charge in [0.1, 0.15) is 0 Å². The van der Waals surface area contributed by atoms with Crippen LogP contribution in [0.2, 0.25) is 0 Å². The number of carbonyl (C=O) groups is 1. The van der Waals surface area contributed by atoms with Gasteiger partial charge in [-0.2, -0.15) is 0 Å². The number of pyridine rings is 2. The molecule has 0 radical (unpaired) electrons. The van der Waals surface area contributed by atoms with E-state index < -0.39 is 0 Å². The maximum Gasteiger partial charge on any atom is 0.225 e. The van der Waals surface area contributed by atoms with Crippen molar-refractivity contribution in [1.29, 1.82) is 0 Å². The molecular formula is C27H36N4O. The maximum atomic E-state index is 13.5. The first-order valence-electron chi connectivity index (χ1n) is 12.3. The van der Waals surface area contributed by atoms with E-state index in [1.807, 2.05) is 12.4 Å². The van der Waals surface area contributed by atoms with Crippen molar-refractivity contribution < 1.29 is 4.79 Å². The molecule has 1 saturated heterocycles. The normalized spacial score (nSPS) is 27.2. The van der Waals surface area contributed by atoms with E-state index in [0.717, 1.165) is 54.7 Å². The molecule has 0 N–H and O–H groups in total. The van der Waals surface area contributed by atoms with E-state index in [4.69, 9.17) is 0 Å². The van der Waals surface area contributed by atoms with Gasteiger partial charge in [0, 0.05) is 48.4 Å². The number of aromatic nitrogens is 3. The van der Waals surface area contributed by atoms with Crippen molar-refractivity contribution in [3.63, 3.8) is 0 Å². The zero-order valence-electron chi connectivity index (χ0n) is 19.9. The summed E-state index contributed by atoms with van der Waals surface area (Å²) in [6.07, 6.45) is 11.4. The fraction of sp³-hybridized carbons (Fsp3) is 0.593. The third-order valence-electron chi connectivity index (χ3n) is 8.20. The van der Waals surface area contributed by atoms with Gasteiger partial charge in [-0.05, 0) is 67.6 Å². The molecule has 3 aromatic rings. The van der Waals surface area contributed by atoms with Crippen molar-refractivity contribution in [3.8, 4) is 0 Å². The van der Waals surface area contributed by atoms with E-state index in [-0.39, 0.29) is 12.0 Å². The molecule has 0 bridgehead atoms. The van der Waals surface area contributed by atoms with Crippen LogP contribution in [0, 0.1) is 23.2 Å². The monoisotopic (exact) mass is 432 g/mol. The minimum absolute atomic E-state index is 0.204. The van der Waals surface area contributed by atoms with Crippen LogP contribution in [0.15, 0.2) is 36.8 Å². The highest BCUT2D eigenvalue weighted by Gasteiger charge is 2.37. The Balaban J connectivity index is 1.39. The van der Waals surface area contributed by atoms with Crippen molar-refractivity contribution in [3.05, 3.63) is 36.8 Å². The molecule has 170 valence electrons. The second kappa shape index (κ2) is 8.17. The highest BCUT2D eigenvalue weighted by molar-refractivity contribution is 6.02. The third-order valence-corrected chi connectivity index (χ3v) is 8.20. The number of piperidine rings is 1. The average molecular weight is 433 g/mol. The Hall–Kier alpha value is -2.43. The van der Waals surface area contributed by atoms with Gasteiger partial charge in [-0.1, -0.05) is 27.7 Å². The zero-order chi connectivity index (χ0) is 22.5. The van der Waals surface area contributed by atoms with Gasteiger partial charge in [-0.25, -0.2) is 9.97 Å². The Bertz CT molecular complexity index is 1120. The van der Waals surface area contributed by atoms with Gasteiger partial charge in [-0.3, -0.25) is 4.79 Å². The van der Waals surface area contributed by atoms with Gasteiger partial charge in [0.05, 0.1) is 11.6 Å². The Labute approximate surface area is 191 Å². The minimum Gasteiger partial charge on any atom is -0.342 e. The number of likely N-dealkylation sites (tertiary alicyclic amines) is 1. The van der Waals surface area contributed by atoms with E-state index in [9.17, 15) is 4.79 Å². The standard InChI is InChI=1S/C27H36N4O/c1-18-12-15-30(26(32)19-7-9-21(10-8-19)27(2,3)4)17-23(18)31-14-5-6-20-16-29-25-22(24(20)31)11-13-28-25/h5-6,11,13-14,16,18-19,21,23H,7-10,12,15,17H2,1-4H3. The molecule has 5 nitrogen and oxygen atoms in total. The van der Waals surface area contributed by atoms with Crippen LogP contribution >= 0.6 is 0 Å². The molecule has 32 heavy (non-hydrogen) atoms. The largest absolute Gasteiger partial charge is 0.342 e. The lowest BCUT2D eigenvalue weighted by Gasteiger charge is -2.42. The van der Waals surface area contributed by atoms with Crippen molar-refractivity contribution >= 4 is 27.8 Å². The molecule has 3 aromatic heterocycles. The Morgan fingerprint density at radius 2 is 1.84 bits per heavy atom. The summed E-state index contributed by atoms with van der Waals surface area (Å²) < 4.78 is 2.39. The summed E-state index contributed by atoms with van der Waals surface area (Å²) in [6.45, 7) is 11.0. The lowest BCUT2D eigenvalue weighted by Crippen LogP contribution is -2.47. The van der Waals surface area contributed by atoms with Crippen molar-refractivity contribution in [2.45, 2.75) is 65.8 Å². The number of hydrogen-bond donors (Lipinski definition) is 0. The molecule has 2 fully saturated rings. The van der Waals surface area contributed by atoms with Gasteiger partial charge in [-0.15, -0.1) is 0 Å². The van der Waals surface area contributed by atoms with Crippen LogP contribution in [0.4, 0.5) is 0 Å². The molecule has 5 rings (SSSR count). The molecule has 1 saturated carbocycles. The van der Waals surface area contributed by atoms with E-state index in [0.29, 0.717) is 17.2 Å². The smallest absolute Gasteiger partial charge is 0.225 e. The van der Waals surface area contributed by atoms with Gasteiger partial charge in [0.25, 0.3) is 0 Å². The Morgan fingerprint density at radius 1 is 1.06 bits per heavy atom. The van der Waals surface area contributed by atoms with Crippen LogP contribution in [0.1, 0.15) is 65.8 Å². The van der Waals surface area contributed by atoms with E-state index in [2.05, 4.69) is 71.5 Å². The van der Waals surface area contributed by atoms with Crippen LogP contribution in [-0.2, 0) is 4.79 Å². The number of hydrogen-bond acceptors (Lipinski definition) is 3. The fourth-order valence-corrected chi connectivity index (χ4v) is 6.04. The summed E-state index contributed by atoms with van der Waals surface area (Å²) in [7, 11) is 0. The number of fused-ring (bicyclic) bond motifs is 3. The third kappa shape index (κ3) is 3.80. The first kappa shape index (κ1) is 21.4. The van der Waals surface area contributed by atoms with E-state index in [1.54, 1.807) is 0 Å². The molecule has 0 aromatic carbocycles. The second-order valence-electron chi connectivity index (χ2n) is 11.2. The Kier molecular flexibility index (Phi) is 5.47. The lowest BCUT2D eigenvalue weighted by atomic mass is 9.69. The molecule has 1 amide bonds. The summed E-state index contributed by atoms with van der Waals surface area (Å²) in [6, 6.07) is 6.55. The maximum absolute atomic E-state index is 13.5. The lowest BCUT2D eigenvalue weighted by molar-refractivity contribution is -0.139. The first-order valence-corrected chi connectivity index (χ1v) is 12.3. The second-order valence-corrected chi connectivity index (χ2v) is 11.2. The summed E-state index contributed by atoms with van der Waals surface area (Å²) in [5, 5.41) is 2.23. The van der Waals surface area contributed by atoms with Gasteiger partial charge in [0.2, 0.25) is 5.91 Å². The van der Waals surface area contributed by atoms with Crippen LogP contribution in [0.25, 0.3) is 21.9 Å². The SMILES string of the molecule is CC1CCN(C(=O)C2CCC(C(C)(C)C)CC2)CC1n1cccc2cnc3nccc3c21. The number of nitrogens with zero attached hydrogens (tertiary/aromatic N) is 4. The molecule has 2 aliphatic rings. The topological polar surface area (TPSA) is 51.0 Å². The predicted molar refractivity (Wildman–Crippen MR) is 129 cm³/mol. The van der Waals surface area contributed by atoms with Crippen molar-refractivity contribution in [2.75, 3.05) is 13.1 Å². The van der Waals surface area contributed by atoms with Crippen LogP contribution in [0.3, 0.4) is 0 Å². The summed E-state index contributed by atoms with van der Waals surface area (Å²) in [5.74, 6) is 1.84. The molecule has 5 heteroatoms. The van der Waals surface area contributed by atoms with Crippen LogP contribution in [-0.4, -0.2) is 38.4 Å². The summed E-state index contributed by atoms with van der Waals surface area (Å²) in [4.78, 5) is 24.6. The number of carbonyl (C=O) groups excluding carboxylic acids is 1. The van der Waals surface area contributed by atoms with Crippen molar-refractivity contribution in [2.24, 2.45) is 23.2 Å². The van der Waals surface area contributed by atoms with Crippen LogP contribution < -0.4 is 0 Å².